The average Bonchev–Trinajstić information content (AvgIpc) is 3.02. The fourth-order valence-corrected chi connectivity index (χ4v) is 2.46. The van der Waals surface area contributed by atoms with Gasteiger partial charge in [-0.1, -0.05) is 11.2 Å². The largest absolute Gasteiger partial charge is 0.484 e. The molecular weight excluding hydrogens is 361 g/mol. The van der Waals surface area contributed by atoms with Crippen molar-refractivity contribution < 1.29 is 22.4 Å². The number of rotatable bonds is 4. The molecule has 0 radical (unpaired) electrons. The predicted octanol–water partition coefficient (Wildman–Crippen LogP) is 2.67. The second-order valence-electron chi connectivity index (χ2n) is 5.56. The molecule has 3 rings (SSSR count). The number of benzene rings is 1. The van der Waals surface area contributed by atoms with Crippen molar-refractivity contribution in [3.05, 3.63) is 41.5 Å². The lowest BCUT2D eigenvalue weighted by molar-refractivity contribution is -0.137. The molecule has 2 heterocycles. The van der Waals surface area contributed by atoms with E-state index in [0.717, 1.165) is 25.2 Å². The summed E-state index contributed by atoms with van der Waals surface area (Å²) < 4.78 is 48.5. The van der Waals surface area contributed by atoms with Crippen LogP contribution in [0.15, 0.2) is 28.8 Å². The van der Waals surface area contributed by atoms with Crippen molar-refractivity contribution in [1.82, 2.24) is 20.4 Å². The molecule has 1 aliphatic heterocycles. The van der Waals surface area contributed by atoms with Gasteiger partial charge in [0.15, 0.2) is 12.4 Å². The number of nitrogens with one attached hydrogen (secondary N) is 1. The summed E-state index contributed by atoms with van der Waals surface area (Å²) >= 11 is 0. The van der Waals surface area contributed by atoms with Crippen LogP contribution in [0.4, 0.5) is 13.2 Å². The van der Waals surface area contributed by atoms with Crippen molar-refractivity contribution in [2.75, 3.05) is 26.7 Å². The van der Waals surface area contributed by atoms with Crippen molar-refractivity contribution in [3.63, 3.8) is 0 Å². The third kappa shape index (κ3) is 4.83. The molecule has 0 bridgehead atoms. The summed E-state index contributed by atoms with van der Waals surface area (Å²) in [6.07, 6.45) is -4.41. The van der Waals surface area contributed by atoms with E-state index in [-0.39, 0.29) is 36.7 Å². The molecule has 6 nitrogen and oxygen atoms in total. The van der Waals surface area contributed by atoms with E-state index >= 15 is 0 Å². The molecule has 1 fully saturated rings. The van der Waals surface area contributed by atoms with Crippen LogP contribution in [-0.2, 0) is 12.8 Å². The van der Waals surface area contributed by atoms with Gasteiger partial charge in [0.1, 0.15) is 5.75 Å². The standard InChI is InChI=1S/C15H17F3N4O2.ClH/c1-22-6-5-19-8-12(22)14-20-13(24-21-14)9-23-11-4-2-3-10(7-11)15(16,17)18;/h2-4,7,12,19H,5-6,8-9H2,1H3;1H. The molecule has 25 heavy (non-hydrogen) atoms. The van der Waals surface area contributed by atoms with E-state index in [1.165, 1.54) is 12.1 Å². The van der Waals surface area contributed by atoms with Gasteiger partial charge >= 0.3 is 6.18 Å². The number of ether oxygens (including phenoxy) is 1. The number of nitrogens with zero attached hydrogens (tertiary/aromatic N) is 3. The number of hydrogen-bond donors (Lipinski definition) is 1. The summed E-state index contributed by atoms with van der Waals surface area (Å²) in [5.74, 6) is 0.856. The minimum atomic E-state index is -4.41. The van der Waals surface area contributed by atoms with Gasteiger partial charge < -0.3 is 14.6 Å². The quantitative estimate of drug-likeness (QED) is 0.882. The van der Waals surface area contributed by atoms with Gasteiger partial charge in [0.05, 0.1) is 11.6 Å². The second kappa shape index (κ2) is 8.03. The van der Waals surface area contributed by atoms with Crippen LogP contribution < -0.4 is 10.1 Å². The van der Waals surface area contributed by atoms with Crippen LogP contribution in [0.2, 0.25) is 0 Å². The Bertz CT molecular complexity index is 695. The van der Waals surface area contributed by atoms with E-state index in [9.17, 15) is 13.2 Å². The normalized spacial score (nSPS) is 18.6. The first kappa shape index (κ1) is 19.5. The lowest BCUT2D eigenvalue weighted by Crippen LogP contribution is -2.44. The molecule has 1 unspecified atom stereocenters. The highest BCUT2D eigenvalue weighted by molar-refractivity contribution is 5.85. The van der Waals surface area contributed by atoms with Crippen molar-refractivity contribution in [2.45, 2.75) is 18.8 Å². The lowest BCUT2D eigenvalue weighted by atomic mass is 10.2. The lowest BCUT2D eigenvalue weighted by Gasteiger charge is -2.30. The SMILES string of the molecule is CN1CCNCC1c1noc(COc2cccc(C(F)(F)F)c2)n1.Cl. The Kier molecular flexibility index (Phi) is 6.26. The Morgan fingerprint density at radius 3 is 2.92 bits per heavy atom. The molecule has 138 valence electrons. The predicted molar refractivity (Wildman–Crippen MR) is 85.6 cm³/mol. The van der Waals surface area contributed by atoms with Gasteiger partial charge in [-0.25, -0.2) is 0 Å². The molecule has 2 aromatic rings. The number of alkyl halides is 3. The average molecular weight is 379 g/mol. The van der Waals surface area contributed by atoms with Gasteiger partial charge in [-0.05, 0) is 25.2 Å². The van der Waals surface area contributed by atoms with Crippen LogP contribution in [-0.4, -0.2) is 41.7 Å². The number of halogens is 4. The Labute approximate surface area is 148 Å². The van der Waals surface area contributed by atoms with E-state index in [4.69, 9.17) is 9.26 Å². The number of hydrogen-bond acceptors (Lipinski definition) is 6. The van der Waals surface area contributed by atoms with Crippen molar-refractivity contribution in [2.24, 2.45) is 0 Å². The molecule has 0 saturated carbocycles. The van der Waals surface area contributed by atoms with Gasteiger partial charge in [-0.15, -0.1) is 12.4 Å². The molecule has 1 aromatic heterocycles. The Balaban J connectivity index is 0.00000225. The maximum absolute atomic E-state index is 12.7. The molecule has 0 aliphatic carbocycles. The molecule has 0 amide bonds. The zero-order valence-corrected chi connectivity index (χ0v) is 14.2. The number of piperazine rings is 1. The fourth-order valence-electron chi connectivity index (χ4n) is 2.46. The smallest absolute Gasteiger partial charge is 0.416 e. The molecule has 1 N–H and O–H groups in total. The summed E-state index contributed by atoms with van der Waals surface area (Å²) in [7, 11) is 1.97. The van der Waals surface area contributed by atoms with Crippen LogP contribution in [0.25, 0.3) is 0 Å². The Hall–Kier alpha value is -1.84. The summed E-state index contributed by atoms with van der Waals surface area (Å²) in [4.78, 5) is 6.37. The van der Waals surface area contributed by atoms with Crippen LogP contribution in [0.3, 0.4) is 0 Å². The Morgan fingerprint density at radius 1 is 1.40 bits per heavy atom. The van der Waals surface area contributed by atoms with E-state index in [0.29, 0.717) is 12.4 Å². The zero-order chi connectivity index (χ0) is 17.2. The minimum absolute atomic E-state index is 0. The van der Waals surface area contributed by atoms with Crippen molar-refractivity contribution in [3.8, 4) is 5.75 Å². The van der Waals surface area contributed by atoms with Gasteiger partial charge in [0, 0.05) is 19.6 Å². The molecule has 1 atom stereocenters. The van der Waals surface area contributed by atoms with Crippen LogP contribution >= 0.6 is 12.4 Å². The zero-order valence-electron chi connectivity index (χ0n) is 13.4. The highest BCUT2D eigenvalue weighted by Gasteiger charge is 2.30. The maximum atomic E-state index is 12.7. The number of likely N-dealkylation sites (N-methyl/N-ethyl adjacent to an activating group) is 1. The first-order chi connectivity index (χ1) is 11.4. The minimum Gasteiger partial charge on any atom is -0.484 e. The number of aromatic nitrogens is 2. The molecule has 1 aliphatic rings. The Morgan fingerprint density at radius 2 is 2.20 bits per heavy atom. The van der Waals surface area contributed by atoms with Crippen LogP contribution in [0.1, 0.15) is 23.3 Å². The third-order valence-electron chi connectivity index (χ3n) is 3.82. The first-order valence-electron chi connectivity index (χ1n) is 7.47. The molecule has 1 aromatic carbocycles. The van der Waals surface area contributed by atoms with E-state index in [1.807, 2.05) is 7.05 Å². The van der Waals surface area contributed by atoms with Gasteiger partial charge in [0.2, 0.25) is 0 Å². The van der Waals surface area contributed by atoms with E-state index in [1.54, 1.807) is 0 Å². The van der Waals surface area contributed by atoms with Crippen molar-refractivity contribution >= 4 is 12.4 Å². The maximum Gasteiger partial charge on any atom is 0.416 e. The molecular formula is C15H18ClF3N4O2. The summed E-state index contributed by atoms with van der Waals surface area (Å²) in [6, 6.07) is 4.68. The van der Waals surface area contributed by atoms with Gasteiger partial charge in [-0.3, -0.25) is 4.90 Å². The molecule has 10 heteroatoms. The monoisotopic (exact) mass is 378 g/mol. The van der Waals surface area contributed by atoms with Crippen LogP contribution in [0.5, 0.6) is 5.75 Å². The molecule has 0 spiro atoms. The summed E-state index contributed by atoms with van der Waals surface area (Å²) in [5.41, 5.74) is -0.763. The first-order valence-corrected chi connectivity index (χ1v) is 7.47. The fraction of sp³-hybridized carbons (Fsp3) is 0.467. The van der Waals surface area contributed by atoms with Gasteiger partial charge in [0.25, 0.3) is 5.89 Å². The van der Waals surface area contributed by atoms with Gasteiger partial charge in [-0.2, -0.15) is 18.2 Å². The highest BCUT2D eigenvalue weighted by Crippen LogP contribution is 2.31. The highest BCUT2D eigenvalue weighted by atomic mass is 35.5. The van der Waals surface area contributed by atoms with Crippen LogP contribution in [0, 0.1) is 0 Å². The topological polar surface area (TPSA) is 63.4 Å². The summed E-state index contributed by atoms with van der Waals surface area (Å²) in [5, 5.41) is 7.18. The van der Waals surface area contributed by atoms with Crippen molar-refractivity contribution in [1.29, 1.82) is 0 Å². The second-order valence-corrected chi connectivity index (χ2v) is 5.56. The third-order valence-corrected chi connectivity index (χ3v) is 3.82. The molecule has 1 saturated heterocycles. The summed E-state index contributed by atoms with van der Waals surface area (Å²) in [6.45, 7) is 2.40. The van der Waals surface area contributed by atoms with E-state index < -0.39 is 11.7 Å². The van der Waals surface area contributed by atoms with E-state index in [2.05, 4.69) is 20.4 Å².